The zero-order valence-corrected chi connectivity index (χ0v) is 19.9. The van der Waals surface area contributed by atoms with Gasteiger partial charge in [0, 0.05) is 36.7 Å². The minimum atomic E-state index is -0.645. The molecule has 1 atom stereocenters. The van der Waals surface area contributed by atoms with E-state index in [1.165, 1.54) is 12.1 Å². The number of halogens is 1. The van der Waals surface area contributed by atoms with Crippen molar-refractivity contribution in [3.8, 4) is 22.9 Å². The van der Waals surface area contributed by atoms with E-state index in [1.807, 2.05) is 12.1 Å². The summed E-state index contributed by atoms with van der Waals surface area (Å²) in [6, 6.07) is 13.0. The Hall–Kier alpha value is -3.85. The van der Waals surface area contributed by atoms with E-state index >= 15 is 0 Å². The SMILES string of the molecule is NC(=O)c1cc(CC2CCNC2=O)nc(-c2ccc(Oc3ccc(F)cc3)cc2CN2CCCC2)n1. The van der Waals surface area contributed by atoms with Gasteiger partial charge in [0.1, 0.15) is 23.0 Å². The van der Waals surface area contributed by atoms with Crippen molar-refractivity contribution in [2.45, 2.75) is 32.2 Å². The number of nitrogens with one attached hydrogen (secondary N) is 1. The molecule has 8 nitrogen and oxygen atoms in total. The van der Waals surface area contributed by atoms with Crippen molar-refractivity contribution in [1.29, 1.82) is 0 Å². The summed E-state index contributed by atoms with van der Waals surface area (Å²) in [4.78, 5) is 35.8. The first-order chi connectivity index (χ1) is 17.4. The van der Waals surface area contributed by atoms with Gasteiger partial charge in [-0.25, -0.2) is 14.4 Å². The molecule has 2 amide bonds. The molecule has 9 heteroatoms. The molecular formula is C27H28FN5O3. The average Bonchev–Trinajstić information content (AvgIpc) is 3.52. The predicted octanol–water partition coefficient (Wildman–Crippen LogP) is 3.45. The molecule has 2 saturated heterocycles. The molecule has 0 aliphatic carbocycles. The van der Waals surface area contributed by atoms with Crippen molar-refractivity contribution < 1.29 is 18.7 Å². The molecule has 2 aliphatic heterocycles. The minimum Gasteiger partial charge on any atom is -0.457 e. The standard InChI is InChI=1S/C27H28FN5O3/c28-19-3-5-21(6-4-19)36-22-7-8-23(18(14-22)16-33-11-1-2-12-33)26-31-20(15-24(32-26)25(29)34)13-17-9-10-30-27(17)35/h3-8,14-15,17H,1-2,9-13,16H2,(H2,29,34)(H,30,35). The van der Waals surface area contributed by atoms with Gasteiger partial charge >= 0.3 is 0 Å². The van der Waals surface area contributed by atoms with Gasteiger partial charge in [0.2, 0.25) is 5.91 Å². The molecule has 5 rings (SSSR count). The Morgan fingerprint density at radius 3 is 2.53 bits per heavy atom. The summed E-state index contributed by atoms with van der Waals surface area (Å²) >= 11 is 0. The number of primary amides is 1. The van der Waals surface area contributed by atoms with Gasteiger partial charge in [-0.15, -0.1) is 0 Å². The molecule has 0 spiro atoms. The second-order valence-electron chi connectivity index (χ2n) is 9.27. The second kappa shape index (κ2) is 10.4. The van der Waals surface area contributed by atoms with E-state index in [9.17, 15) is 14.0 Å². The van der Waals surface area contributed by atoms with Crippen molar-refractivity contribution in [3.05, 3.63) is 71.3 Å². The van der Waals surface area contributed by atoms with Gasteiger partial charge in [0.25, 0.3) is 5.91 Å². The van der Waals surface area contributed by atoms with Gasteiger partial charge in [-0.05, 0) is 86.4 Å². The largest absolute Gasteiger partial charge is 0.457 e. The topological polar surface area (TPSA) is 110 Å². The number of benzene rings is 2. The molecule has 0 bridgehead atoms. The molecule has 3 N–H and O–H groups in total. The molecule has 0 radical (unpaired) electrons. The smallest absolute Gasteiger partial charge is 0.267 e. The Morgan fingerprint density at radius 1 is 1.08 bits per heavy atom. The van der Waals surface area contributed by atoms with E-state index in [2.05, 4.69) is 15.2 Å². The number of amides is 2. The van der Waals surface area contributed by atoms with E-state index in [0.717, 1.165) is 43.5 Å². The lowest BCUT2D eigenvalue weighted by molar-refractivity contribution is -0.122. The zero-order valence-electron chi connectivity index (χ0n) is 19.9. The summed E-state index contributed by atoms with van der Waals surface area (Å²) in [7, 11) is 0. The summed E-state index contributed by atoms with van der Waals surface area (Å²) < 4.78 is 19.3. The Labute approximate surface area is 208 Å². The highest BCUT2D eigenvalue weighted by Gasteiger charge is 2.26. The van der Waals surface area contributed by atoms with Crippen LogP contribution in [0.15, 0.2) is 48.5 Å². The van der Waals surface area contributed by atoms with Crippen LogP contribution in [0.2, 0.25) is 0 Å². The van der Waals surface area contributed by atoms with E-state index < -0.39 is 5.91 Å². The molecule has 186 valence electrons. The number of hydrogen-bond acceptors (Lipinski definition) is 6. The number of nitrogens with two attached hydrogens (primary N) is 1. The third-order valence-electron chi connectivity index (χ3n) is 6.61. The minimum absolute atomic E-state index is 0.00666. The van der Waals surface area contributed by atoms with Gasteiger partial charge in [-0.3, -0.25) is 14.5 Å². The zero-order chi connectivity index (χ0) is 25.1. The first-order valence-corrected chi connectivity index (χ1v) is 12.2. The highest BCUT2D eigenvalue weighted by Crippen LogP contribution is 2.31. The Kier molecular flexibility index (Phi) is 6.90. The summed E-state index contributed by atoms with van der Waals surface area (Å²) in [6.07, 6.45) is 3.42. The number of aromatic nitrogens is 2. The van der Waals surface area contributed by atoms with Crippen LogP contribution in [0.3, 0.4) is 0 Å². The highest BCUT2D eigenvalue weighted by molar-refractivity contribution is 5.91. The Balaban J connectivity index is 1.51. The first-order valence-electron chi connectivity index (χ1n) is 12.2. The van der Waals surface area contributed by atoms with Gasteiger partial charge in [0.05, 0.1) is 0 Å². The average molecular weight is 490 g/mol. The third kappa shape index (κ3) is 5.52. The first kappa shape index (κ1) is 23.9. The third-order valence-corrected chi connectivity index (χ3v) is 6.61. The number of likely N-dealkylation sites (tertiary alicyclic amines) is 1. The number of rotatable bonds is 8. The fourth-order valence-corrected chi connectivity index (χ4v) is 4.74. The molecule has 0 saturated carbocycles. The summed E-state index contributed by atoms with van der Waals surface area (Å²) in [5, 5.41) is 2.84. The maximum Gasteiger partial charge on any atom is 0.267 e. The highest BCUT2D eigenvalue weighted by atomic mass is 19.1. The summed E-state index contributed by atoms with van der Waals surface area (Å²) in [6.45, 7) is 3.29. The lowest BCUT2D eigenvalue weighted by atomic mass is 10.0. The monoisotopic (exact) mass is 489 g/mol. The van der Waals surface area contributed by atoms with Crippen LogP contribution in [-0.4, -0.2) is 46.3 Å². The lowest BCUT2D eigenvalue weighted by Gasteiger charge is -2.19. The number of nitrogens with zero attached hydrogens (tertiary/aromatic N) is 3. The number of hydrogen-bond donors (Lipinski definition) is 2. The van der Waals surface area contributed by atoms with Crippen LogP contribution in [0.4, 0.5) is 4.39 Å². The van der Waals surface area contributed by atoms with Crippen LogP contribution in [0.25, 0.3) is 11.4 Å². The fourth-order valence-electron chi connectivity index (χ4n) is 4.74. The summed E-state index contributed by atoms with van der Waals surface area (Å²) in [5.74, 6) is 0.353. The molecule has 1 unspecified atom stereocenters. The Bertz CT molecular complexity index is 1270. The molecule has 2 aliphatic rings. The van der Waals surface area contributed by atoms with Crippen molar-refractivity contribution >= 4 is 11.8 Å². The molecular weight excluding hydrogens is 461 g/mol. The second-order valence-corrected chi connectivity index (χ2v) is 9.27. The maximum absolute atomic E-state index is 13.3. The van der Waals surface area contributed by atoms with Gasteiger partial charge in [-0.1, -0.05) is 0 Å². The van der Waals surface area contributed by atoms with E-state index in [1.54, 1.807) is 24.3 Å². The molecule has 36 heavy (non-hydrogen) atoms. The molecule has 2 fully saturated rings. The number of ether oxygens (including phenoxy) is 1. The molecule has 2 aromatic carbocycles. The van der Waals surface area contributed by atoms with E-state index in [0.29, 0.717) is 42.5 Å². The fraction of sp³-hybridized carbons (Fsp3) is 0.333. The van der Waals surface area contributed by atoms with Gasteiger partial charge < -0.3 is 15.8 Å². The van der Waals surface area contributed by atoms with Crippen molar-refractivity contribution in [1.82, 2.24) is 20.2 Å². The van der Waals surface area contributed by atoms with Crippen LogP contribution < -0.4 is 15.8 Å². The van der Waals surface area contributed by atoms with Crippen LogP contribution in [0.1, 0.15) is 41.0 Å². The molecule has 3 heterocycles. The van der Waals surface area contributed by atoms with Crippen molar-refractivity contribution in [3.63, 3.8) is 0 Å². The van der Waals surface area contributed by atoms with Gasteiger partial charge in [0.15, 0.2) is 5.82 Å². The summed E-state index contributed by atoms with van der Waals surface area (Å²) in [5.41, 5.74) is 8.04. The quantitative estimate of drug-likeness (QED) is 0.502. The van der Waals surface area contributed by atoms with Crippen molar-refractivity contribution in [2.75, 3.05) is 19.6 Å². The predicted molar refractivity (Wildman–Crippen MR) is 132 cm³/mol. The van der Waals surface area contributed by atoms with Crippen LogP contribution >= 0.6 is 0 Å². The maximum atomic E-state index is 13.3. The molecule has 3 aromatic rings. The lowest BCUT2D eigenvalue weighted by Crippen LogP contribution is -2.22. The van der Waals surface area contributed by atoms with Crippen LogP contribution in [0, 0.1) is 11.7 Å². The molecule has 1 aromatic heterocycles. The van der Waals surface area contributed by atoms with E-state index in [4.69, 9.17) is 15.5 Å². The van der Waals surface area contributed by atoms with Crippen LogP contribution in [0.5, 0.6) is 11.5 Å². The van der Waals surface area contributed by atoms with Crippen LogP contribution in [-0.2, 0) is 17.8 Å². The number of carbonyl (C=O) groups excluding carboxylic acids is 2. The van der Waals surface area contributed by atoms with E-state index in [-0.39, 0.29) is 23.3 Å². The van der Waals surface area contributed by atoms with Gasteiger partial charge in [-0.2, -0.15) is 0 Å². The number of carbonyl (C=O) groups is 2. The Morgan fingerprint density at radius 2 is 1.83 bits per heavy atom. The van der Waals surface area contributed by atoms with Crippen molar-refractivity contribution in [2.24, 2.45) is 11.7 Å². The normalized spacial score (nSPS) is 17.8.